The molecule has 0 spiro atoms. The molecule has 168 valence electrons. The predicted octanol–water partition coefficient (Wildman–Crippen LogP) is 4.87. The molecule has 0 aliphatic carbocycles. The maximum atomic E-state index is 14.3. The molecule has 0 bridgehead atoms. The van der Waals surface area contributed by atoms with Crippen LogP contribution in [0.1, 0.15) is 15.8 Å². The minimum atomic E-state index is -0.198. The fraction of sp³-hybridized carbons (Fsp3) is 0.217. The number of hydrogen-bond donors (Lipinski definition) is 1. The average molecular weight is 482 g/mol. The molecular formula is C23H20FN5O2S2. The Morgan fingerprint density at radius 2 is 1.88 bits per heavy atom. The zero-order valence-electron chi connectivity index (χ0n) is 17.5. The van der Waals surface area contributed by atoms with Crippen LogP contribution >= 0.6 is 22.7 Å². The van der Waals surface area contributed by atoms with E-state index in [4.69, 9.17) is 4.42 Å². The number of piperazine rings is 1. The van der Waals surface area contributed by atoms with Gasteiger partial charge < -0.3 is 14.4 Å². The molecule has 1 aromatic carbocycles. The fourth-order valence-corrected chi connectivity index (χ4v) is 6.34. The van der Waals surface area contributed by atoms with Crippen molar-refractivity contribution in [2.75, 3.05) is 31.1 Å². The second-order valence-electron chi connectivity index (χ2n) is 7.79. The number of aromatic hydroxyl groups is 1. The van der Waals surface area contributed by atoms with Crippen LogP contribution in [0.15, 0.2) is 64.6 Å². The molecule has 0 unspecified atom stereocenters. The summed E-state index contributed by atoms with van der Waals surface area (Å²) in [6, 6.07) is 14.5. The number of hydrogen-bond acceptors (Lipinski definition) is 8. The summed E-state index contributed by atoms with van der Waals surface area (Å²) in [5, 5.41) is 17.6. The van der Waals surface area contributed by atoms with Crippen molar-refractivity contribution in [1.29, 1.82) is 0 Å². The monoisotopic (exact) mass is 481 g/mol. The number of halogens is 1. The smallest absolute Gasteiger partial charge is 0.230 e. The SMILES string of the molecule is Oc1c([C@@H](c2cccs2)N2CCN(c3ccccc3F)CC2)sc2nc(-c3ccco3)nn12. The van der Waals surface area contributed by atoms with E-state index in [0.717, 1.165) is 22.8 Å². The molecule has 0 saturated carbocycles. The number of rotatable bonds is 5. The number of thiophene rings is 1. The van der Waals surface area contributed by atoms with E-state index in [1.165, 1.54) is 21.9 Å². The van der Waals surface area contributed by atoms with Crippen LogP contribution in [0, 0.1) is 5.82 Å². The molecule has 5 aromatic rings. The molecule has 33 heavy (non-hydrogen) atoms. The Kier molecular flexibility index (Phi) is 5.12. The van der Waals surface area contributed by atoms with Gasteiger partial charge in [-0.1, -0.05) is 29.5 Å². The molecule has 7 nitrogen and oxygen atoms in total. The van der Waals surface area contributed by atoms with E-state index in [0.29, 0.717) is 35.3 Å². The minimum absolute atomic E-state index is 0.0928. The minimum Gasteiger partial charge on any atom is -0.492 e. The quantitative estimate of drug-likeness (QED) is 0.386. The van der Waals surface area contributed by atoms with Crippen molar-refractivity contribution in [2.24, 2.45) is 0 Å². The summed E-state index contributed by atoms with van der Waals surface area (Å²) in [5.74, 6) is 0.900. The van der Waals surface area contributed by atoms with Crippen LogP contribution in [-0.4, -0.2) is 50.8 Å². The summed E-state index contributed by atoms with van der Waals surface area (Å²) in [7, 11) is 0. The van der Waals surface area contributed by atoms with E-state index in [1.54, 1.807) is 35.8 Å². The van der Waals surface area contributed by atoms with Gasteiger partial charge in [0.1, 0.15) is 5.82 Å². The van der Waals surface area contributed by atoms with Crippen LogP contribution < -0.4 is 4.90 Å². The fourth-order valence-electron chi connectivity index (χ4n) is 4.29. The molecule has 0 radical (unpaired) electrons. The molecule has 1 N–H and O–H groups in total. The van der Waals surface area contributed by atoms with Crippen LogP contribution in [0.4, 0.5) is 10.1 Å². The van der Waals surface area contributed by atoms with Gasteiger partial charge in [-0.2, -0.15) is 9.50 Å². The van der Waals surface area contributed by atoms with E-state index in [-0.39, 0.29) is 17.7 Å². The highest BCUT2D eigenvalue weighted by Gasteiger charge is 2.33. The summed E-state index contributed by atoms with van der Waals surface area (Å²) < 4.78 is 21.2. The van der Waals surface area contributed by atoms with Gasteiger partial charge >= 0.3 is 0 Å². The van der Waals surface area contributed by atoms with Gasteiger partial charge in [-0.3, -0.25) is 4.90 Å². The summed E-state index contributed by atoms with van der Waals surface area (Å²) in [6.45, 7) is 2.88. The molecule has 1 saturated heterocycles. The van der Waals surface area contributed by atoms with Crippen LogP contribution in [-0.2, 0) is 0 Å². The molecule has 10 heteroatoms. The zero-order valence-corrected chi connectivity index (χ0v) is 19.1. The van der Waals surface area contributed by atoms with Crippen molar-refractivity contribution < 1.29 is 13.9 Å². The number of thiazole rings is 1. The summed E-state index contributed by atoms with van der Waals surface area (Å²) in [5.41, 5.74) is 0.636. The van der Waals surface area contributed by atoms with E-state index < -0.39 is 0 Å². The highest BCUT2D eigenvalue weighted by molar-refractivity contribution is 7.17. The van der Waals surface area contributed by atoms with Crippen molar-refractivity contribution in [3.63, 3.8) is 0 Å². The van der Waals surface area contributed by atoms with Crippen LogP contribution in [0.5, 0.6) is 5.88 Å². The van der Waals surface area contributed by atoms with E-state index >= 15 is 0 Å². The lowest BCUT2D eigenvalue weighted by molar-refractivity contribution is 0.213. The average Bonchev–Trinajstić information content (AvgIpc) is 3.63. The Balaban J connectivity index is 1.31. The van der Waals surface area contributed by atoms with Crippen molar-refractivity contribution in [2.45, 2.75) is 6.04 Å². The first-order chi connectivity index (χ1) is 16.2. The van der Waals surface area contributed by atoms with Gasteiger partial charge in [-0.15, -0.1) is 16.4 Å². The van der Waals surface area contributed by atoms with E-state index in [1.807, 2.05) is 23.6 Å². The van der Waals surface area contributed by atoms with Crippen LogP contribution in [0.25, 0.3) is 16.5 Å². The van der Waals surface area contributed by atoms with Crippen molar-refractivity contribution in [3.05, 3.63) is 75.7 Å². The van der Waals surface area contributed by atoms with Crippen molar-refractivity contribution >= 4 is 33.3 Å². The molecule has 1 aliphatic rings. The van der Waals surface area contributed by atoms with Gasteiger partial charge in [-0.05, 0) is 35.7 Å². The van der Waals surface area contributed by atoms with Crippen molar-refractivity contribution in [1.82, 2.24) is 19.5 Å². The van der Waals surface area contributed by atoms with Gasteiger partial charge in [0.05, 0.1) is 22.9 Å². The second kappa shape index (κ2) is 8.29. The Hall–Kier alpha value is -3.21. The number of para-hydroxylation sites is 1. The number of nitrogens with zero attached hydrogens (tertiary/aromatic N) is 5. The summed E-state index contributed by atoms with van der Waals surface area (Å²) >= 11 is 3.09. The van der Waals surface area contributed by atoms with Gasteiger partial charge in [0.2, 0.25) is 16.7 Å². The maximum absolute atomic E-state index is 14.3. The largest absolute Gasteiger partial charge is 0.492 e. The highest BCUT2D eigenvalue weighted by Crippen LogP contribution is 2.42. The molecular weight excluding hydrogens is 461 g/mol. The normalized spacial score (nSPS) is 16.0. The molecule has 1 fully saturated rings. The number of aromatic nitrogens is 3. The van der Waals surface area contributed by atoms with Crippen molar-refractivity contribution in [3.8, 4) is 17.5 Å². The third kappa shape index (κ3) is 3.60. The second-order valence-corrected chi connectivity index (χ2v) is 9.78. The first kappa shape index (κ1) is 20.4. The topological polar surface area (TPSA) is 70.0 Å². The molecule has 5 heterocycles. The Morgan fingerprint density at radius 3 is 2.58 bits per heavy atom. The lowest BCUT2D eigenvalue weighted by Crippen LogP contribution is -2.48. The summed E-state index contributed by atoms with van der Waals surface area (Å²) in [4.78, 5) is 11.5. The first-order valence-electron chi connectivity index (χ1n) is 10.6. The summed E-state index contributed by atoms with van der Waals surface area (Å²) in [6.07, 6.45) is 1.57. The number of benzene rings is 1. The lowest BCUT2D eigenvalue weighted by atomic mass is 10.1. The zero-order chi connectivity index (χ0) is 22.4. The lowest BCUT2D eigenvalue weighted by Gasteiger charge is -2.39. The first-order valence-corrected chi connectivity index (χ1v) is 12.3. The molecule has 1 atom stereocenters. The molecule has 1 aliphatic heterocycles. The highest BCUT2D eigenvalue weighted by atomic mass is 32.1. The standard InChI is InChI=1S/C23H20FN5O2S2/c24-15-5-1-2-6-16(15)27-9-11-28(12-10-27)19(18-8-4-14-32-18)20-22(30)29-23(33-20)25-21(26-29)17-7-3-13-31-17/h1-8,13-14,19,30H,9-12H2/t19-/m1/s1. The van der Waals surface area contributed by atoms with Crippen LogP contribution in [0.2, 0.25) is 0 Å². The third-order valence-electron chi connectivity index (χ3n) is 5.87. The number of anilines is 1. The number of furan rings is 1. The van der Waals surface area contributed by atoms with Gasteiger partial charge in [0.15, 0.2) is 5.76 Å². The third-order valence-corrected chi connectivity index (χ3v) is 7.87. The van der Waals surface area contributed by atoms with E-state index in [9.17, 15) is 9.50 Å². The Bertz CT molecular complexity index is 1370. The number of fused-ring (bicyclic) bond motifs is 1. The van der Waals surface area contributed by atoms with Gasteiger partial charge in [-0.25, -0.2) is 4.39 Å². The predicted molar refractivity (Wildman–Crippen MR) is 127 cm³/mol. The molecule has 4 aromatic heterocycles. The molecule has 6 rings (SSSR count). The van der Waals surface area contributed by atoms with Gasteiger partial charge in [0.25, 0.3) is 0 Å². The Labute approximate surface area is 197 Å². The maximum Gasteiger partial charge on any atom is 0.230 e. The van der Waals surface area contributed by atoms with E-state index in [2.05, 4.69) is 25.9 Å². The van der Waals surface area contributed by atoms with Crippen LogP contribution in [0.3, 0.4) is 0 Å². The Morgan fingerprint density at radius 1 is 1.03 bits per heavy atom. The molecule has 0 amide bonds. The van der Waals surface area contributed by atoms with Gasteiger partial charge in [0, 0.05) is 31.1 Å².